The summed E-state index contributed by atoms with van der Waals surface area (Å²) < 4.78 is 38.5. The number of aryl methyl sites for hydroxylation is 1. The average Bonchev–Trinajstić information content (AvgIpc) is 2.37. The highest BCUT2D eigenvalue weighted by Crippen LogP contribution is 2.32. The number of halogens is 3. The Bertz CT molecular complexity index is 608. The molecule has 5 heteroatoms. The van der Waals surface area contributed by atoms with Gasteiger partial charge in [-0.25, -0.2) is 0 Å². The molecule has 20 heavy (non-hydrogen) atoms. The van der Waals surface area contributed by atoms with E-state index in [0.717, 1.165) is 11.6 Å². The summed E-state index contributed by atoms with van der Waals surface area (Å²) in [5, 5.41) is 12.3. The summed E-state index contributed by atoms with van der Waals surface area (Å²) in [6.07, 6.45) is -4.36. The minimum atomic E-state index is -4.36. The Morgan fingerprint density at radius 2 is 1.80 bits per heavy atom. The van der Waals surface area contributed by atoms with E-state index in [4.69, 9.17) is 0 Å². The molecule has 0 radical (unpaired) electrons. The second kappa shape index (κ2) is 5.45. The predicted octanol–water partition coefficient (Wildman–Crippen LogP) is 4.33. The molecule has 2 aromatic rings. The monoisotopic (exact) mass is 281 g/mol. The Hall–Kier alpha value is -2.17. The third-order valence-electron chi connectivity index (χ3n) is 3.00. The van der Waals surface area contributed by atoms with E-state index in [1.54, 1.807) is 25.1 Å². The fraction of sp³-hybridized carbons (Fsp3) is 0.200. The Morgan fingerprint density at radius 3 is 2.45 bits per heavy atom. The van der Waals surface area contributed by atoms with Crippen molar-refractivity contribution in [2.45, 2.75) is 19.6 Å². The molecule has 2 rings (SSSR count). The molecule has 0 saturated carbocycles. The van der Waals surface area contributed by atoms with Crippen molar-refractivity contribution in [2.75, 3.05) is 5.32 Å². The van der Waals surface area contributed by atoms with Crippen molar-refractivity contribution < 1.29 is 18.3 Å². The van der Waals surface area contributed by atoms with Gasteiger partial charge < -0.3 is 10.4 Å². The van der Waals surface area contributed by atoms with Gasteiger partial charge in [0.25, 0.3) is 0 Å². The maximum absolute atomic E-state index is 12.8. The number of benzene rings is 2. The molecule has 0 atom stereocenters. The van der Waals surface area contributed by atoms with Crippen molar-refractivity contribution in [2.24, 2.45) is 0 Å². The van der Waals surface area contributed by atoms with Gasteiger partial charge in [-0.2, -0.15) is 13.2 Å². The fourth-order valence-electron chi connectivity index (χ4n) is 1.99. The summed E-state index contributed by atoms with van der Waals surface area (Å²) in [6, 6.07) is 10.2. The molecule has 0 amide bonds. The van der Waals surface area contributed by atoms with Crippen molar-refractivity contribution in [3.05, 3.63) is 59.2 Å². The van der Waals surface area contributed by atoms with Crippen LogP contribution in [0.4, 0.5) is 18.9 Å². The van der Waals surface area contributed by atoms with Crippen LogP contribution < -0.4 is 5.32 Å². The number of rotatable bonds is 3. The lowest BCUT2D eigenvalue weighted by molar-refractivity contribution is -0.138. The molecule has 0 saturated heterocycles. The van der Waals surface area contributed by atoms with E-state index in [0.29, 0.717) is 5.69 Å². The quantitative estimate of drug-likeness (QED) is 0.821. The molecule has 0 aliphatic carbocycles. The van der Waals surface area contributed by atoms with Crippen LogP contribution in [0.3, 0.4) is 0 Å². The molecule has 0 unspecified atom stereocenters. The van der Waals surface area contributed by atoms with Gasteiger partial charge in [0.1, 0.15) is 5.75 Å². The number of aromatic hydroxyl groups is 1. The zero-order valence-corrected chi connectivity index (χ0v) is 10.8. The van der Waals surface area contributed by atoms with Crippen LogP contribution in [0.25, 0.3) is 0 Å². The van der Waals surface area contributed by atoms with Crippen molar-refractivity contribution >= 4 is 5.69 Å². The molecule has 0 aromatic heterocycles. The number of phenols is 1. The first-order valence-electron chi connectivity index (χ1n) is 6.06. The molecule has 0 fully saturated rings. The minimum Gasteiger partial charge on any atom is -0.508 e. The van der Waals surface area contributed by atoms with Gasteiger partial charge in [-0.1, -0.05) is 18.2 Å². The lowest BCUT2D eigenvalue weighted by atomic mass is 10.1. The largest absolute Gasteiger partial charge is 0.508 e. The molecular weight excluding hydrogens is 267 g/mol. The molecule has 2 N–H and O–H groups in total. The standard InChI is InChI=1S/C15H14F3NO/c1-10-8-12(20)6-7-14(10)19-9-11-4-2-3-5-13(11)15(16,17)18/h2-8,19-20H,9H2,1H3. The van der Waals surface area contributed by atoms with Gasteiger partial charge in [-0.3, -0.25) is 0 Å². The highest BCUT2D eigenvalue weighted by Gasteiger charge is 2.32. The molecule has 0 spiro atoms. The van der Waals surface area contributed by atoms with Gasteiger partial charge in [-0.15, -0.1) is 0 Å². The van der Waals surface area contributed by atoms with Crippen molar-refractivity contribution in [1.82, 2.24) is 0 Å². The van der Waals surface area contributed by atoms with Crippen molar-refractivity contribution in [3.63, 3.8) is 0 Å². The highest BCUT2D eigenvalue weighted by molar-refractivity contribution is 5.53. The Kier molecular flexibility index (Phi) is 3.88. The third-order valence-corrected chi connectivity index (χ3v) is 3.00. The maximum Gasteiger partial charge on any atom is 0.416 e. The highest BCUT2D eigenvalue weighted by atomic mass is 19.4. The second-order valence-corrected chi connectivity index (χ2v) is 4.51. The van der Waals surface area contributed by atoms with Crippen LogP contribution in [-0.4, -0.2) is 5.11 Å². The van der Waals surface area contributed by atoms with Crippen molar-refractivity contribution in [3.8, 4) is 5.75 Å². The SMILES string of the molecule is Cc1cc(O)ccc1NCc1ccccc1C(F)(F)F. The number of hydrogen-bond donors (Lipinski definition) is 2. The predicted molar refractivity (Wildman–Crippen MR) is 71.6 cm³/mol. The molecule has 106 valence electrons. The topological polar surface area (TPSA) is 32.3 Å². The fourth-order valence-corrected chi connectivity index (χ4v) is 1.99. The van der Waals surface area contributed by atoms with Crippen LogP contribution in [-0.2, 0) is 12.7 Å². The Balaban J connectivity index is 2.19. The first-order valence-corrected chi connectivity index (χ1v) is 6.06. The number of anilines is 1. The number of phenolic OH excluding ortho intramolecular Hbond substituents is 1. The first-order chi connectivity index (χ1) is 9.38. The molecule has 0 heterocycles. The minimum absolute atomic E-state index is 0.0707. The molecule has 0 aliphatic heterocycles. The number of alkyl halides is 3. The van der Waals surface area contributed by atoms with Gasteiger partial charge in [0.05, 0.1) is 5.56 Å². The summed E-state index contributed by atoms with van der Waals surface area (Å²) in [7, 11) is 0. The summed E-state index contributed by atoms with van der Waals surface area (Å²) in [5.41, 5.74) is 1.02. The summed E-state index contributed by atoms with van der Waals surface area (Å²) in [4.78, 5) is 0. The van der Waals surface area contributed by atoms with Gasteiger partial charge in [-0.05, 0) is 42.3 Å². The second-order valence-electron chi connectivity index (χ2n) is 4.51. The van der Waals surface area contributed by atoms with E-state index in [-0.39, 0.29) is 17.9 Å². The van der Waals surface area contributed by atoms with Crippen LogP contribution in [0.1, 0.15) is 16.7 Å². The molecular formula is C15H14F3NO. The van der Waals surface area contributed by atoms with Crippen LogP contribution in [0.5, 0.6) is 5.75 Å². The summed E-state index contributed by atoms with van der Waals surface area (Å²) in [5.74, 6) is 0.128. The molecule has 2 aromatic carbocycles. The van der Waals surface area contributed by atoms with E-state index in [1.165, 1.54) is 18.2 Å². The van der Waals surface area contributed by atoms with E-state index in [9.17, 15) is 18.3 Å². The normalized spacial score (nSPS) is 11.4. The van der Waals surface area contributed by atoms with E-state index < -0.39 is 11.7 Å². The van der Waals surface area contributed by atoms with Crippen LogP contribution in [0, 0.1) is 6.92 Å². The molecule has 0 bridgehead atoms. The van der Waals surface area contributed by atoms with Gasteiger partial charge in [0, 0.05) is 12.2 Å². The van der Waals surface area contributed by atoms with Crippen LogP contribution in [0.2, 0.25) is 0 Å². The van der Waals surface area contributed by atoms with E-state index in [2.05, 4.69) is 5.32 Å². The molecule has 0 aliphatic rings. The summed E-state index contributed by atoms with van der Waals surface area (Å²) >= 11 is 0. The zero-order valence-electron chi connectivity index (χ0n) is 10.8. The number of hydrogen-bond acceptors (Lipinski definition) is 2. The zero-order chi connectivity index (χ0) is 14.8. The number of nitrogens with one attached hydrogen (secondary N) is 1. The maximum atomic E-state index is 12.8. The van der Waals surface area contributed by atoms with Crippen LogP contribution in [0.15, 0.2) is 42.5 Å². The van der Waals surface area contributed by atoms with Gasteiger partial charge in [0.2, 0.25) is 0 Å². The van der Waals surface area contributed by atoms with E-state index >= 15 is 0 Å². The van der Waals surface area contributed by atoms with Gasteiger partial charge >= 0.3 is 6.18 Å². The average molecular weight is 281 g/mol. The Labute approximate surface area is 114 Å². The van der Waals surface area contributed by atoms with Gasteiger partial charge in [0.15, 0.2) is 0 Å². The van der Waals surface area contributed by atoms with Crippen LogP contribution >= 0.6 is 0 Å². The van der Waals surface area contributed by atoms with Crippen molar-refractivity contribution in [1.29, 1.82) is 0 Å². The first kappa shape index (κ1) is 14.2. The summed E-state index contributed by atoms with van der Waals surface area (Å²) in [6.45, 7) is 1.85. The van der Waals surface area contributed by atoms with E-state index in [1.807, 2.05) is 0 Å². The smallest absolute Gasteiger partial charge is 0.416 e. The lowest BCUT2D eigenvalue weighted by Gasteiger charge is -2.15. The lowest BCUT2D eigenvalue weighted by Crippen LogP contribution is -2.11. The Morgan fingerprint density at radius 1 is 1.10 bits per heavy atom. The molecule has 2 nitrogen and oxygen atoms in total. The third kappa shape index (κ3) is 3.23.